The van der Waals surface area contributed by atoms with Crippen molar-refractivity contribution in [1.82, 2.24) is 10.3 Å². The first-order valence-corrected chi connectivity index (χ1v) is 7.24. The fourth-order valence-corrected chi connectivity index (χ4v) is 2.58. The topological polar surface area (TPSA) is 84.2 Å². The van der Waals surface area contributed by atoms with Gasteiger partial charge in [-0.3, -0.25) is 9.59 Å². The van der Waals surface area contributed by atoms with Crippen molar-refractivity contribution < 1.29 is 14.0 Å². The Hall–Kier alpha value is -2.63. The van der Waals surface area contributed by atoms with E-state index >= 15 is 0 Å². The Bertz CT molecular complexity index is 736. The van der Waals surface area contributed by atoms with Gasteiger partial charge in [-0.25, -0.2) is 4.98 Å². The van der Waals surface area contributed by atoms with Crippen molar-refractivity contribution in [1.29, 1.82) is 0 Å². The fraction of sp³-hybridized carbons (Fsp3) is 0.312. The zero-order valence-corrected chi connectivity index (χ0v) is 12.5. The number of hydrogen-bond donors (Lipinski definition) is 2. The lowest BCUT2D eigenvalue weighted by atomic mass is 9.97. The van der Waals surface area contributed by atoms with Crippen molar-refractivity contribution in [3.63, 3.8) is 0 Å². The first kappa shape index (κ1) is 14.3. The molecule has 1 aromatic heterocycles. The minimum atomic E-state index is -0.368. The van der Waals surface area contributed by atoms with E-state index in [2.05, 4.69) is 15.6 Å². The van der Waals surface area contributed by atoms with Gasteiger partial charge in [0.1, 0.15) is 0 Å². The number of para-hydroxylation sites is 1. The Morgan fingerprint density at radius 1 is 1.45 bits per heavy atom. The van der Waals surface area contributed by atoms with Gasteiger partial charge in [0.15, 0.2) is 5.89 Å². The molecule has 2 aromatic rings. The van der Waals surface area contributed by atoms with Crippen molar-refractivity contribution >= 4 is 17.5 Å². The number of nitrogens with one attached hydrogen (secondary N) is 2. The molecule has 0 bridgehead atoms. The molecule has 2 N–H and O–H groups in total. The summed E-state index contributed by atoms with van der Waals surface area (Å²) < 4.78 is 5.46. The molecule has 0 radical (unpaired) electrons. The molecule has 1 unspecified atom stereocenters. The summed E-state index contributed by atoms with van der Waals surface area (Å²) in [5.74, 6) is 0.275. The number of rotatable bonds is 3. The highest BCUT2D eigenvalue weighted by molar-refractivity contribution is 5.97. The molecule has 3 rings (SSSR count). The van der Waals surface area contributed by atoms with Crippen molar-refractivity contribution in [3.8, 4) is 0 Å². The maximum Gasteiger partial charge on any atom is 0.289 e. The summed E-state index contributed by atoms with van der Waals surface area (Å²) in [6.45, 7) is 3.65. The molecule has 1 atom stereocenters. The van der Waals surface area contributed by atoms with Crippen LogP contribution in [0.3, 0.4) is 0 Å². The van der Waals surface area contributed by atoms with Gasteiger partial charge >= 0.3 is 0 Å². The molecule has 22 heavy (non-hydrogen) atoms. The SMILES string of the molecule is CCc1nc(C)c(C(=O)NC2CC(=O)Nc3ccccc32)o1. The van der Waals surface area contributed by atoms with E-state index in [1.807, 2.05) is 31.2 Å². The number of nitrogens with zero attached hydrogens (tertiary/aromatic N) is 1. The predicted molar refractivity (Wildman–Crippen MR) is 80.5 cm³/mol. The minimum absolute atomic E-state index is 0.118. The molecule has 0 spiro atoms. The van der Waals surface area contributed by atoms with Gasteiger partial charge in [-0.05, 0) is 18.6 Å². The zero-order chi connectivity index (χ0) is 15.7. The van der Waals surface area contributed by atoms with Crippen LogP contribution in [-0.2, 0) is 11.2 Å². The highest BCUT2D eigenvalue weighted by atomic mass is 16.4. The Morgan fingerprint density at radius 2 is 2.23 bits per heavy atom. The number of benzene rings is 1. The van der Waals surface area contributed by atoms with Gasteiger partial charge < -0.3 is 15.1 Å². The van der Waals surface area contributed by atoms with E-state index in [1.165, 1.54) is 0 Å². The maximum atomic E-state index is 12.4. The highest BCUT2D eigenvalue weighted by Gasteiger charge is 2.28. The van der Waals surface area contributed by atoms with Gasteiger partial charge in [0.05, 0.1) is 18.2 Å². The number of amides is 2. The lowest BCUT2D eigenvalue weighted by Gasteiger charge is -2.26. The van der Waals surface area contributed by atoms with E-state index in [0.29, 0.717) is 18.0 Å². The number of anilines is 1. The first-order chi connectivity index (χ1) is 10.6. The number of aromatic nitrogens is 1. The van der Waals surface area contributed by atoms with E-state index in [9.17, 15) is 9.59 Å². The maximum absolute atomic E-state index is 12.4. The second kappa shape index (κ2) is 5.63. The summed E-state index contributed by atoms with van der Waals surface area (Å²) in [6.07, 6.45) is 0.833. The normalized spacial score (nSPS) is 16.8. The molecule has 0 fully saturated rings. The van der Waals surface area contributed by atoms with Crippen LogP contribution in [0.15, 0.2) is 28.7 Å². The van der Waals surface area contributed by atoms with Gasteiger partial charge in [0.2, 0.25) is 11.7 Å². The van der Waals surface area contributed by atoms with Crippen LogP contribution in [0, 0.1) is 6.92 Å². The summed E-state index contributed by atoms with van der Waals surface area (Å²) in [5.41, 5.74) is 2.18. The highest BCUT2D eigenvalue weighted by Crippen LogP contribution is 2.30. The van der Waals surface area contributed by atoms with Gasteiger partial charge in [0.25, 0.3) is 5.91 Å². The number of carbonyl (C=O) groups is 2. The van der Waals surface area contributed by atoms with E-state index < -0.39 is 0 Å². The number of hydrogen-bond acceptors (Lipinski definition) is 4. The largest absolute Gasteiger partial charge is 0.435 e. The molecule has 1 aliphatic heterocycles. The van der Waals surface area contributed by atoms with Crippen LogP contribution < -0.4 is 10.6 Å². The molecule has 2 heterocycles. The van der Waals surface area contributed by atoms with E-state index in [1.54, 1.807) is 6.92 Å². The number of carbonyl (C=O) groups excluding carboxylic acids is 2. The third-order valence-electron chi connectivity index (χ3n) is 3.65. The number of aryl methyl sites for hydroxylation is 2. The molecule has 0 saturated heterocycles. The third kappa shape index (κ3) is 2.59. The lowest BCUT2D eigenvalue weighted by Crippen LogP contribution is -2.35. The quantitative estimate of drug-likeness (QED) is 0.911. The molecule has 6 nitrogen and oxygen atoms in total. The summed E-state index contributed by atoms with van der Waals surface area (Å²) in [4.78, 5) is 28.4. The fourth-order valence-electron chi connectivity index (χ4n) is 2.58. The van der Waals surface area contributed by atoms with Crippen LogP contribution in [0.4, 0.5) is 5.69 Å². The van der Waals surface area contributed by atoms with Gasteiger partial charge in [0, 0.05) is 12.1 Å². The van der Waals surface area contributed by atoms with E-state index in [-0.39, 0.29) is 30.0 Å². The minimum Gasteiger partial charge on any atom is -0.435 e. The second-order valence-electron chi connectivity index (χ2n) is 5.24. The van der Waals surface area contributed by atoms with Crippen LogP contribution in [0.2, 0.25) is 0 Å². The molecule has 114 valence electrons. The third-order valence-corrected chi connectivity index (χ3v) is 3.65. The molecule has 1 aromatic carbocycles. The smallest absolute Gasteiger partial charge is 0.289 e. The standard InChI is InChI=1S/C16H17N3O3/c1-3-14-17-9(2)15(22-14)16(21)19-12-8-13(20)18-11-7-5-4-6-10(11)12/h4-7,12H,3,8H2,1-2H3,(H,18,20)(H,19,21). The predicted octanol–water partition coefficient (Wildman–Crippen LogP) is 2.36. The Balaban J connectivity index is 1.85. The van der Waals surface area contributed by atoms with Gasteiger partial charge in [-0.15, -0.1) is 0 Å². The Morgan fingerprint density at radius 3 is 2.95 bits per heavy atom. The monoisotopic (exact) mass is 299 g/mol. The molecule has 2 amide bonds. The van der Waals surface area contributed by atoms with Crippen molar-refractivity contribution in [3.05, 3.63) is 47.2 Å². The summed E-state index contributed by atoms with van der Waals surface area (Å²) in [5, 5.41) is 5.67. The van der Waals surface area contributed by atoms with Crippen molar-refractivity contribution in [2.45, 2.75) is 32.7 Å². The first-order valence-electron chi connectivity index (χ1n) is 7.24. The zero-order valence-electron chi connectivity index (χ0n) is 12.5. The Kier molecular flexibility index (Phi) is 3.66. The second-order valence-corrected chi connectivity index (χ2v) is 5.24. The molecule has 0 aliphatic carbocycles. The van der Waals surface area contributed by atoms with Crippen molar-refractivity contribution in [2.24, 2.45) is 0 Å². The van der Waals surface area contributed by atoms with E-state index in [4.69, 9.17) is 4.42 Å². The number of oxazole rings is 1. The van der Waals surface area contributed by atoms with Crippen LogP contribution in [0.5, 0.6) is 0 Å². The average Bonchev–Trinajstić information content (AvgIpc) is 2.88. The summed E-state index contributed by atoms with van der Waals surface area (Å²) >= 11 is 0. The molecule has 1 aliphatic rings. The number of fused-ring (bicyclic) bond motifs is 1. The van der Waals surface area contributed by atoms with Crippen molar-refractivity contribution in [2.75, 3.05) is 5.32 Å². The van der Waals surface area contributed by atoms with Gasteiger partial charge in [-0.1, -0.05) is 25.1 Å². The molecular formula is C16H17N3O3. The van der Waals surface area contributed by atoms with Crippen LogP contribution >= 0.6 is 0 Å². The van der Waals surface area contributed by atoms with E-state index in [0.717, 1.165) is 11.3 Å². The molecule has 6 heteroatoms. The van der Waals surface area contributed by atoms with Crippen LogP contribution in [0.25, 0.3) is 0 Å². The summed E-state index contributed by atoms with van der Waals surface area (Å²) in [7, 11) is 0. The average molecular weight is 299 g/mol. The molecule has 0 saturated carbocycles. The molecular weight excluding hydrogens is 282 g/mol. The summed E-state index contributed by atoms with van der Waals surface area (Å²) in [6, 6.07) is 7.07. The van der Waals surface area contributed by atoms with Crippen LogP contribution in [-0.4, -0.2) is 16.8 Å². The van der Waals surface area contributed by atoms with Crippen LogP contribution in [0.1, 0.15) is 47.1 Å². The Labute approximate surface area is 127 Å². The lowest BCUT2D eigenvalue weighted by molar-refractivity contribution is -0.116. The van der Waals surface area contributed by atoms with Gasteiger partial charge in [-0.2, -0.15) is 0 Å².